The fraction of sp³-hybridized carbons (Fsp3) is 0.294. The molecule has 26 heavy (non-hydrogen) atoms. The molecule has 4 nitrogen and oxygen atoms in total. The molecule has 0 amide bonds. The van der Waals surface area contributed by atoms with Gasteiger partial charge in [0.25, 0.3) is 0 Å². The van der Waals surface area contributed by atoms with Crippen LogP contribution in [-0.2, 0) is 22.7 Å². The van der Waals surface area contributed by atoms with Crippen LogP contribution in [0.3, 0.4) is 0 Å². The van der Waals surface area contributed by atoms with Crippen LogP contribution in [0.1, 0.15) is 18.1 Å². The van der Waals surface area contributed by atoms with Crippen LogP contribution in [0.2, 0.25) is 5.02 Å². The van der Waals surface area contributed by atoms with Crippen molar-refractivity contribution in [3.05, 3.63) is 58.6 Å². The highest BCUT2D eigenvalue weighted by atomic mass is 35.5. The summed E-state index contributed by atoms with van der Waals surface area (Å²) < 4.78 is 71.1. The van der Waals surface area contributed by atoms with Crippen LogP contribution >= 0.6 is 11.6 Å². The minimum absolute atomic E-state index is 0.0886. The van der Waals surface area contributed by atoms with Gasteiger partial charge in [0.05, 0.1) is 17.1 Å². The molecule has 0 fully saturated rings. The average molecular weight is 408 g/mol. The number of ether oxygens (including phenoxy) is 1. The third-order valence-electron chi connectivity index (χ3n) is 3.57. The number of nitrogens with zero attached hydrogens (tertiary/aromatic N) is 1. The molecule has 0 aromatic heterocycles. The summed E-state index contributed by atoms with van der Waals surface area (Å²) in [4.78, 5) is -0.831. The van der Waals surface area contributed by atoms with Gasteiger partial charge in [-0.05, 0) is 42.8 Å². The van der Waals surface area contributed by atoms with Crippen LogP contribution in [0.25, 0.3) is 0 Å². The Kier molecular flexibility index (Phi) is 6.21. The van der Waals surface area contributed by atoms with Crippen molar-refractivity contribution in [3.63, 3.8) is 0 Å². The molecular formula is C17H17ClF3NO3S. The molecule has 0 radical (unpaired) electrons. The summed E-state index contributed by atoms with van der Waals surface area (Å²) in [6, 6.07) is 9.25. The van der Waals surface area contributed by atoms with Gasteiger partial charge in [-0.1, -0.05) is 23.7 Å². The van der Waals surface area contributed by atoms with Crippen molar-refractivity contribution in [3.8, 4) is 5.75 Å². The first kappa shape index (κ1) is 20.5. The third-order valence-corrected chi connectivity index (χ3v) is 5.67. The molecule has 0 unspecified atom stereocenters. The minimum Gasteiger partial charge on any atom is -0.494 e. The Morgan fingerprint density at radius 1 is 1.12 bits per heavy atom. The number of halogens is 4. The maximum Gasteiger partial charge on any atom is 0.417 e. The van der Waals surface area contributed by atoms with Crippen LogP contribution < -0.4 is 4.74 Å². The first-order valence-corrected chi connectivity index (χ1v) is 9.42. The highest BCUT2D eigenvalue weighted by Gasteiger charge is 2.38. The maximum atomic E-state index is 13.2. The SMILES string of the molecule is CCOc1ccc(CN(C)S(=O)(=O)c2ccc(Cl)cc2C(F)(F)F)cc1. The number of alkyl halides is 3. The molecule has 0 bridgehead atoms. The lowest BCUT2D eigenvalue weighted by Crippen LogP contribution is -2.28. The van der Waals surface area contributed by atoms with E-state index >= 15 is 0 Å². The molecule has 0 aliphatic heterocycles. The molecular weight excluding hydrogens is 391 g/mol. The lowest BCUT2D eigenvalue weighted by molar-refractivity contribution is -0.139. The summed E-state index contributed by atoms with van der Waals surface area (Å²) >= 11 is 5.60. The van der Waals surface area contributed by atoms with Gasteiger partial charge in [-0.25, -0.2) is 8.42 Å². The Labute approximate surface area is 155 Å². The van der Waals surface area contributed by atoms with Gasteiger partial charge in [0.1, 0.15) is 5.75 Å². The van der Waals surface area contributed by atoms with Crippen LogP contribution in [0, 0.1) is 0 Å². The molecule has 0 N–H and O–H groups in total. The van der Waals surface area contributed by atoms with Gasteiger partial charge in [-0.3, -0.25) is 0 Å². The molecule has 2 aromatic carbocycles. The first-order valence-electron chi connectivity index (χ1n) is 7.60. The Hall–Kier alpha value is -1.77. The highest BCUT2D eigenvalue weighted by Crippen LogP contribution is 2.37. The molecule has 0 spiro atoms. The number of hydrogen-bond donors (Lipinski definition) is 0. The van der Waals surface area contributed by atoms with Crippen molar-refractivity contribution < 1.29 is 26.3 Å². The van der Waals surface area contributed by atoms with Gasteiger partial charge in [0, 0.05) is 18.6 Å². The van der Waals surface area contributed by atoms with Crippen molar-refractivity contribution in [1.82, 2.24) is 4.31 Å². The Bertz CT molecular complexity index is 868. The van der Waals surface area contributed by atoms with Crippen molar-refractivity contribution in [1.29, 1.82) is 0 Å². The second-order valence-corrected chi connectivity index (χ2v) is 7.93. The summed E-state index contributed by atoms with van der Waals surface area (Å²) in [5.74, 6) is 0.624. The predicted octanol–water partition coefficient (Wildman–Crippen LogP) is 4.58. The summed E-state index contributed by atoms with van der Waals surface area (Å²) in [6.45, 7) is 2.23. The topological polar surface area (TPSA) is 46.6 Å². The fourth-order valence-electron chi connectivity index (χ4n) is 2.32. The monoisotopic (exact) mass is 407 g/mol. The van der Waals surface area contributed by atoms with E-state index in [1.165, 1.54) is 7.05 Å². The van der Waals surface area contributed by atoms with Crippen molar-refractivity contribution in [2.24, 2.45) is 0 Å². The van der Waals surface area contributed by atoms with E-state index in [0.29, 0.717) is 24.0 Å². The summed E-state index contributed by atoms with van der Waals surface area (Å²) in [6.07, 6.45) is -4.84. The van der Waals surface area contributed by atoms with Crippen molar-refractivity contribution >= 4 is 21.6 Å². The van der Waals surface area contributed by atoms with Gasteiger partial charge in [0.15, 0.2) is 0 Å². The van der Waals surface area contributed by atoms with E-state index in [0.717, 1.165) is 16.4 Å². The second-order valence-electron chi connectivity index (χ2n) is 5.48. The van der Waals surface area contributed by atoms with Crippen LogP contribution in [0.15, 0.2) is 47.4 Å². The highest BCUT2D eigenvalue weighted by molar-refractivity contribution is 7.89. The predicted molar refractivity (Wildman–Crippen MR) is 92.7 cm³/mol. The van der Waals surface area contributed by atoms with E-state index in [4.69, 9.17) is 16.3 Å². The lowest BCUT2D eigenvalue weighted by atomic mass is 10.2. The zero-order valence-corrected chi connectivity index (χ0v) is 15.6. The first-order chi connectivity index (χ1) is 12.1. The summed E-state index contributed by atoms with van der Waals surface area (Å²) in [5.41, 5.74) is -0.675. The Morgan fingerprint density at radius 3 is 2.27 bits per heavy atom. The molecule has 0 heterocycles. The molecule has 0 aliphatic rings. The lowest BCUT2D eigenvalue weighted by Gasteiger charge is -2.20. The number of rotatable bonds is 6. The molecule has 9 heteroatoms. The Balaban J connectivity index is 2.32. The zero-order chi connectivity index (χ0) is 19.5. The van der Waals surface area contributed by atoms with Gasteiger partial charge in [-0.2, -0.15) is 17.5 Å². The molecule has 0 saturated carbocycles. The summed E-state index contributed by atoms with van der Waals surface area (Å²) in [7, 11) is -3.14. The molecule has 0 atom stereocenters. The van der Waals surface area contributed by atoms with E-state index in [1.54, 1.807) is 24.3 Å². The fourth-order valence-corrected chi connectivity index (χ4v) is 3.84. The number of hydrogen-bond acceptors (Lipinski definition) is 3. The quantitative estimate of drug-likeness (QED) is 0.704. The number of benzene rings is 2. The summed E-state index contributed by atoms with van der Waals surface area (Å²) in [5, 5.41) is -0.189. The van der Waals surface area contributed by atoms with Gasteiger partial charge in [-0.15, -0.1) is 0 Å². The van der Waals surface area contributed by atoms with Crippen molar-refractivity contribution in [2.45, 2.75) is 24.5 Å². The molecule has 2 aromatic rings. The van der Waals surface area contributed by atoms with E-state index in [9.17, 15) is 21.6 Å². The molecule has 2 rings (SSSR count). The van der Waals surface area contributed by atoms with Crippen LogP contribution in [-0.4, -0.2) is 26.4 Å². The van der Waals surface area contributed by atoms with E-state index in [-0.39, 0.29) is 11.6 Å². The molecule has 0 aliphatic carbocycles. The normalized spacial score (nSPS) is 12.4. The zero-order valence-electron chi connectivity index (χ0n) is 14.0. The average Bonchev–Trinajstić information content (AvgIpc) is 2.55. The Morgan fingerprint density at radius 2 is 1.73 bits per heavy atom. The van der Waals surface area contributed by atoms with Gasteiger partial charge < -0.3 is 4.74 Å². The second kappa shape index (κ2) is 7.85. The number of sulfonamides is 1. The van der Waals surface area contributed by atoms with Gasteiger partial charge >= 0.3 is 6.18 Å². The minimum atomic E-state index is -4.84. The standard InChI is InChI=1S/C17H17ClF3NO3S/c1-3-25-14-7-4-12(5-8-14)11-22(2)26(23,24)16-9-6-13(18)10-15(16)17(19,20)21/h4-10H,3,11H2,1-2H3. The smallest absolute Gasteiger partial charge is 0.417 e. The van der Waals surface area contributed by atoms with Crippen molar-refractivity contribution in [2.75, 3.05) is 13.7 Å². The maximum absolute atomic E-state index is 13.2. The molecule has 142 valence electrons. The molecule has 0 saturated heterocycles. The third kappa shape index (κ3) is 4.69. The van der Waals surface area contributed by atoms with E-state index in [2.05, 4.69) is 0 Å². The van der Waals surface area contributed by atoms with Crippen LogP contribution in [0.5, 0.6) is 5.75 Å². The van der Waals surface area contributed by atoms with Crippen LogP contribution in [0.4, 0.5) is 13.2 Å². The van der Waals surface area contributed by atoms with E-state index < -0.39 is 26.7 Å². The van der Waals surface area contributed by atoms with E-state index in [1.807, 2.05) is 6.92 Å². The van der Waals surface area contributed by atoms with Gasteiger partial charge in [0.2, 0.25) is 10.0 Å². The largest absolute Gasteiger partial charge is 0.494 e.